The molecule has 1 aliphatic rings. The molecule has 0 amide bonds. The van der Waals surface area contributed by atoms with E-state index >= 15 is 0 Å². The van der Waals surface area contributed by atoms with Crippen LogP contribution in [0.1, 0.15) is 24.4 Å². The minimum atomic E-state index is -0.423. The lowest BCUT2D eigenvalue weighted by molar-refractivity contribution is -0.384. The summed E-state index contributed by atoms with van der Waals surface area (Å²) in [6.07, 6.45) is 2.01. The Labute approximate surface area is 127 Å². The summed E-state index contributed by atoms with van der Waals surface area (Å²) < 4.78 is 1.83. The van der Waals surface area contributed by atoms with Crippen molar-refractivity contribution in [3.05, 3.63) is 62.4 Å². The third-order valence-corrected chi connectivity index (χ3v) is 3.85. The fourth-order valence-corrected chi connectivity index (χ4v) is 2.60. The Bertz CT molecular complexity index is 761. The van der Waals surface area contributed by atoms with E-state index in [1.165, 1.54) is 12.1 Å². The SMILES string of the molecule is CNCc1ccc(-c2ccc([N+](=O)[O-])cc2)n(C2CC2)c1=O. The van der Waals surface area contributed by atoms with Crippen LogP contribution in [0, 0.1) is 10.1 Å². The minimum absolute atomic E-state index is 0.0210. The van der Waals surface area contributed by atoms with Crippen molar-refractivity contribution in [1.82, 2.24) is 9.88 Å². The lowest BCUT2D eigenvalue weighted by atomic mass is 10.1. The molecule has 0 radical (unpaired) electrons. The van der Waals surface area contributed by atoms with Crippen molar-refractivity contribution in [3.63, 3.8) is 0 Å². The molecular weight excluding hydrogens is 282 g/mol. The molecule has 0 atom stereocenters. The highest BCUT2D eigenvalue weighted by Gasteiger charge is 2.27. The number of hydrogen-bond donors (Lipinski definition) is 1. The predicted octanol–water partition coefficient (Wildman–Crippen LogP) is 2.48. The van der Waals surface area contributed by atoms with Crippen molar-refractivity contribution in [2.45, 2.75) is 25.4 Å². The maximum absolute atomic E-state index is 12.6. The first kappa shape index (κ1) is 14.5. The maximum atomic E-state index is 12.6. The van der Waals surface area contributed by atoms with E-state index in [1.807, 2.05) is 23.7 Å². The zero-order chi connectivity index (χ0) is 15.7. The number of nitro benzene ring substituents is 1. The number of benzene rings is 1. The van der Waals surface area contributed by atoms with Gasteiger partial charge in [-0.15, -0.1) is 0 Å². The lowest BCUT2D eigenvalue weighted by Gasteiger charge is -2.14. The first-order valence-electron chi connectivity index (χ1n) is 7.25. The summed E-state index contributed by atoms with van der Waals surface area (Å²) in [5.74, 6) is 0. The second-order valence-corrected chi connectivity index (χ2v) is 5.48. The summed E-state index contributed by atoms with van der Waals surface area (Å²) in [5, 5.41) is 13.8. The third-order valence-electron chi connectivity index (χ3n) is 3.85. The highest BCUT2D eigenvalue weighted by Crippen LogP contribution is 2.37. The summed E-state index contributed by atoms with van der Waals surface area (Å²) in [7, 11) is 1.81. The van der Waals surface area contributed by atoms with Crippen molar-refractivity contribution in [2.24, 2.45) is 0 Å². The van der Waals surface area contributed by atoms with E-state index in [9.17, 15) is 14.9 Å². The average molecular weight is 299 g/mol. The fraction of sp³-hybridized carbons (Fsp3) is 0.312. The van der Waals surface area contributed by atoms with Gasteiger partial charge in [0.2, 0.25) is 0 Å². The molecule has 0 saturated heterocycles. The number of rotatable bonds is 5. The molecule has 0 aliphatic heterocycles. The zero-order valence-electron chi connectivity index (χ0n) is 12.3. The molecule has 2 aromatic rings. The Morgan fingerprint density at radius 1 is 1.23 bits per heavy atom. The Morgan fingerprint density at radius 3 is 2.45 bits per heavy atom. The van der Waals surface area contributed by atoms with Gasteiger partial charge in [-0.2, -0.15) is 0 Å². The smallest absolute Gasteiger partial charge is 0.269 e. The van der Waals surface area contributed by atoms with Crippen LogP contribution in [0.4, 0.5) is 5.69 Å². The van der Waals surface area contributed by atoms with Crippen molar-refractivity contribution in [3.8, 4) is 11.3 Å². The van der Waals surface area contributed by atoms with E-state index in [2.05, 4.69) is 5.32 Å². The number of nitrogens with zero attached hydrogens (tertiary/aromatic N) is 2. The summed E-state index contributed by atoms with van der Waals surface area (Å²) >= 11 is 0. The molecule has 22 heavy (non-hydrogen) atoms. The van der Waals surface area contributed by atoms with Gasteiger partial charge in [-0.25, -0.2) is 0 Å². The standard InChI is InChI=1S/C16H17N3O3/c1-17-10-12-4-9-15(18(16(12)20)13-7-8-13)11-2-5-14(6-3-11)19(21)22/h2-6,9,13,17H,7-8,10H2,1H3. The molecule has 3 rings (SSSR count). The van der Waals surface area contributed by atoms with Crippen molar-refractivity contribution in [1.29, 1.82) is 0 Å². The lowest BCUT2D eigenvalue weighted by Crippen LogP contribution is -2.26. The number of nitro groups is 1. The molecule has 0 unspecified atom stereocenters. The number of non-ortho nitro benzene ring substituents is 1. The molecular formula is C16H17N3O3. The van der Waals surface area contributed by atoms with Gasteiger partial charge in [-0.3, -0.25) is 14.9 Å². The molecule has 0 bridgehead atoms. The monoisotopic (exact) mass is 299 g/mol. The van der Waals surface area contributed by atoms with Crippen LogP contribution in [0.5, 0.6) is 0 Å². The molecule has 1 aromatic carbocycles. The highest BCUT2D eigenvalue weighted by atomic mass is 16.6. The van der Waals surface area contributed by atoms with E-state index in [-0.39, 0.29) is 17.3 Å². The summed E-state index contributed by atoms with van der Waals surface area (Å²) in [5.41, 5.74) is 2.46. The van der Waals surface area contributed by atoms with E-state index in [0.717, 1.165) is 29.7 Å². The largest absolute Gasteiger partial charge is 0.315 e. The summed E-state index contributed by atoms with van der Waals surface area (Å²) in [6.45, 7) is 0.534. The molecule has 1 saturated carbocycles. The van der Waals surface area contributed by atoms with Crippen molar-refractivity contribution >= 4 is 5.69 Å². The third kappa shape index (κ3) is 2.65. The van der Waals surface area contributed by atoms with Gasteiger partial charge in [0.15, 0.2) is 0 Å². The van der Waals surface area contributed by atoms with Crippen LogP contribution in [-0.4, -0.2) is 16.5 Å². The second-order valence-electron chi connectivity index (χ2n) is 5.48. The van der Waals surface area contributed by atoms with Crippen molar-refractivity contribution < 1.29 is 4.92 Å². The quantitative estimate of drug-likeness (QED) is 0.679. The van der Waals surface area contributed by atoms with Crippen LogP contribution in [0.25, 0.3) is 11.3 Å². The first-order valence-corrected chi connectivity index (χ1v) is 7.25. The van der Waals surface area contributed by atoms with E-state index in [1.54, 1.807) is 12.1 Å². The van der Waals surface area contributed by atoms with E-state index in [0.29, 0.717) is 6.54 Å². The molecule has 1 aromatic heterocycles. The van der Waals surface area contributed by atoms with Crippen LogP contribution in [0.3, 0.4) is 0 Å². The molecule has 1 heterocycles. The van der Waals surface area contributed by atoms with Crippen LogP contribution in [0.15, 0.2) is 41.2 Å². The molecule has 1 aliphatic carbocycles. The Balaban J connectivity index is 2.08. The molecule has 0 spiro atoms. The van der Waals surface area contributed by atoms with Gasteiger partial charge in [-0.05, 0) is 43.7 Å². The minimum Gasteiger partial charge on any atom is -0.315 e. The molecule has 1 fully saturated rings. The van der Waals surface area contributed by atoms with E-state index in [4.69, 9.17) is 0 Å². The predicted molar refractivity (Wildman–Crippen MR) is 83.8 cm³/mol. The second kappa shape index (κ2) is 5.73. The zero-order valence-corrected chi connectivity index (χ0v) is 12.3. The topological polar surface area (TPSA) is 77.2 Å². The van der Waals surface area contributed by atoms with Crippen LogP contribution in [-0.2, 0) is 6.54 Å². The maximum Gasteiger partial charge on any atom is 0.269 e. The first-order chi connectivity index (χ1) is 10.6. The van der Waals surface area contributed by atoms with Crippen molar-refractivity contribution in [2.75, 3.05) is 7.05 Å². The van der Waals surface area contributed by atoms with Crippen LogP contribution < -0.4 is 10.9 Å². The normalized spacial score (nSPS) is 14.0. The number of hydrogen-bond acceptors (Lipinski definition) is 4. The van der Waals surface area contributed by atoms with Gasteiger partial charge < -0.3 is 9.88 Å². The molecule has 6 heteroatoms. The Kier molecular flexibility index (Phi) is 3.77. The van der Waals surface area contributed by atoms with Gasteiger partial charge in [0.05, 0.1) is 10.6 Å². The number of nitrogens with one attached hydrogen (secondary N) is 1. The average Bonchev–Trinajstić information content (AvgIpc) is 3.34. The highest BCUT2D eigenvalue weighted by molar-refractivity contribution is 5.62. The fourth-order valence-electron chi connectivity index (χ4n) is 2.60. The van der Waals surface area contributed by atoms with Gasteiger partial charge in [0, 0.05) is 30.3 Å². The Hall–Kier alpha value is -2.47. The van der Waals surface area contributed by atoms with Gasteiger partial charge in [-0.1, -0.05) is 6.07 Å². The summed E-state index contributed by atoms with van der Waals surface area (Å²) in [4.78, 5) is 22.9. The summed E-state index contributed by atoms with van der Waals surface area (Å²) in [6, 6.07) is 10.3. The van der Waals surface area contributed by atoms with Gasteiger partial charge in [0.25, 0.3) is 11.2 Å². The van der Waals surface area contributed by atoms with E-state index < -0.39 is 4.92 Å². The van der Waals surface area contributed by atoms with Crippen LogP contribution >= 0.6 is 0 Å². The Morgan fingerprint density at radius 2 is 1.91 bits per heavy atom. The van der Waals surface area contributed by atoms with Gasteiger partial charge in [0.1, 0.15) is 0 Å². The van der Waals surface area contributed by atoms with Gasteiger partial charge >= 0.3 is 0 Å². The molecule has 114 valence electrons. The van der Waals surface area contributed by atoms with Crippen LogP contribution in [0.2, 0.25) is 0 Å². The number of pyridine rings is 1. The molecule has 6 nitrogen and oxygen atoms in total. The molecule has 1 N–H and O–H groups in total. The number of aromatic nitrogens is 1.